The number of alkyl halides is 3. The van der Waals surface area contributed by atoms with Crippen molar-refractivity contribution >= 4 is 21.8 Å². The Kier molecular flexibility index (Phi) is 7.38. The fourth-order valence-corrected chi connectivity index (χ4v) is 12.0. The van der Waals surface area contributed by atoms with E-state index in [1.165, 1.54) is 5.57 Å². The third-order valence-electron chi connectivity index (χ3n) is 13.9. The van der Waals surface area contributed by atoms with Gasteiger partial charge in [0.2, 0.25) is 0 Å². The molecule has 7 nitrogen and oxygen atoms in total. The summed E-state index contributed by atoms with van der Waals surface area (Å²) in [4.78, 5) is 26.8. The van der Waals surface area contributed by atoms with Crippen molar-refractivity contribution in [2.75, 3.05) is 7.05 Å². The van der Waals surface area contributed by atoms with Gasteiger partial charge in [0.1, 0.15) is 0 Å². The molecule has 11 heteroatoms. The van der Waals surface area contributed by atoms with Crippen LogP contribution in [0, 0.1) is 44.8 Å². The van der Waals surface area contributed by atoms with Gasteiger partial charge in [-0.15, -0.1) is 0 Å². The molecule has 0 radical (unpaired) electrons. The number of allylic oxidation sites excluding steroid dienone is 2. The number of carbonyl (C=O) groups is 2. The first kappa shape index (κ1) is 32.8. The number of ketones is 1. The zero-order chi connectivity index (χ0) is 32.2. The van der Waals surface area contributed by atoms with Gasteiger partial charge in [-0.25, -0.2) is 17.9 Å². The molecular weight excluding hydrogens is 579 g/mol. The highest BCUT2D eigenvalue weighted by Crippen LogP contribution is 2.74. The highest BCUT2D eigenvalue weighted by atomic mass is 32.2. The highest BCUT2D eigenvalue weighted by molar-refractivity contribution is 7.90. The van der Waals surface area contributed by atoms with Crippen LogP contribution in [0.2, 0.25) is 0 Å². The maximum atomic E-state index is 14.5. The van der Waals surface area contributed by atoms with E-state index in [9.17, 15) is 31.2 Å². The van der Waals surface area contributed by atoms with Crippen molar-refractivity contribution in [1.82, 2.24) is 15.4 Å². The van der Waals surface area contributed by atoms with E-state index in [2.05, 4.69) is 45.3 Å². The third-order valence-corrected chi connectivity index (χ3v) is 15.1. The van der Waals surface area contributed by atoms with Crippen molar-refractivity contribution in [2.24, 2.45) is 44.8 Å². The standard InChI is InChI=1S/C32H50F3N3O4S/c1-26(2)22-9-12-31(7)24(29(22,5)11-10-23(26)38-43(41,42)32(33,34)35)21(39)17-19-20-18-28(4,37-25(40)36-8)15-13-27(20,3)14-16-30(19,31)6/h17,20,22-24,38H,9-16,18H2,1-8H3,(H2,36,37,40)/t20-,22-,23-,24+,27+,28-,29-,30+,31+/m0/s1. The SMILES string of the molecule is CNC(=O)N[C@@]1(C)CC[C@]2(C)CC[C@]3(C)C(=CC(=O)[C@@H]4[C@@]5(C)CC[C@H](NS(=O)(=O)C(F)(F)F)C(C)(C)[C@@H]5CC[C@]43C)[C@@H]2C1. The molecule has 5 aliphatic carbocycles. The van der Waals surface area contributed by atoms with E-state index in [0.717, 1.165) is 44.9 Å². The second-order valence-electron chi connectivity index (χ2n) is 16.4. The number of carbonyl (C=O) groups excluding carboxylic acids is 2. The predicted molar refractivity (Wildman–Crippen MR) is 159 cm³/mol. The summed E-state index contributed by atoms with van der Waals surface area (Å²) in [6.45, 7) is 14.9. The van der Waals surface area contributed by atoms with Gasteiger partial charge in [-0.1, -0.05) is 47.1 Å². The quantitative estimate of drug-likeness (QED) is 0.334. The van der Waals surface area contributed by atoms with Crippen molar-refractivity contribution < 1.29 is 31.2 Å². The number of hydrogen-bond donors (Lipinski definition) is 3. The molecule has 5 aliphatic rings. The molecule has 0 aromatic carbocycles. The number of amides is 2. The van der Waals surface area contributed by atoms with Gasteiger partial charge in [0, 0.05) is 24.5 Å². The van der Waals surface area contributed by atoms with Crippen molar-refractivity contribution in [1.29, 1.82) is 0 Å². The fraction of sp³-hybridized carbons (Fsp3) is 0.875. The van der Waals surface area contributed by atoms with E-state index < -0.39 is 32.4 Å². The summed E-state index contributed by atoms with van der Waals surface area (Å²) in [6.07, 6.45) is 8.71. The van der Waals surface area contributed by atoms with E-state index in [1.807, 2.05) is 24.6 Å². The summed E-state index contributed by atoms with van der Waals surface area (Å²) < 4.78 is 66.2. The van der Waals surface area contributed by atoms with E-state index in [0.29, 0.717) is 6.42 Å². The molecule has 0 spiro atoms. The highest BCUT2D eigenvalue weighted by Gasteiger charge is 2.70. The van der Waals surface area contributed by atoms with Crippen molar-refractivity contribution in [3.05, 3.63) is 11.6 Å². The van der Waals surface area contributed by atoms with Gasteiger partial charge >= 0.3 is 21.6 Å². The Labute approximate surface area is 255 Å². The molecule has 0 aromatic heterocycles. The van der Waals surface area contributed by atoms with Crippen LogP contribution in [0.5, 0.6) is 0 Å². The fourth-order valence-electron chi connectivity index (χ4n) is 11.1. The Morgan fingerprint density at radius 3 is 2.16 bits per heavy atom. The minimum absolute atomic E-state index is 0.0372. The number of urea groups is 1. The maximum absolute atomic E-state index is 14.5. The van der Waals surface area contributed by atoms with Crippen molar-refractivity contribution in [3.8, 4) is 0 Å². The zero-order valence-corrected chi connectivity index (χ0v) is 27.7. The van der Waals surface area contributed by atoms with Crippen LogP contribution in [0.1, 0.15) is 106 Å². The molecular formula is C32H50F3N3O4S. The molecule has 4 fully saturated rings. The molecule has 0 heterocycles. The predicted octanol–water partition coefficient (Wildman–Crippen LogP) is 6.46. The number of hydrogen-bond acceptors (Lipinski definition) is 4. The number of sulfonamides is 1. The van der Waals surface area contributed by atoms with Gasteiger partial charge in [-0.3, -0.25) is 4.79 Å². The first-order valence-electron chi connectivity index (χ1n) is 15.8. The van der Waals surface area contributed by atoms with Gasteiger partial charge in [0.25, 0.3) is 0 Å². The van der Waals surface area contributed by atoms with Crippen molar-refractivity contribution in [2.45, 2.75) is 123 Å². The second-order valence-corrected chi connectivity index (χ2v) is 18.1. The molecule has 3 N–H and O–H groups in total. The lowest BCUT2D eigenvalue weighted by molar-refractivity contribution is -0.187. The molecule has 0 aromatic rings. The Balaban J connectivity index is 1.52. The van der Waals surface area contributed by atoms with Gasteiger partial charge in [0.05, 0.1) is 0 Å². The third kappa shape index (κ3) is 4.63. The van der Waals surface area contributed by atoms with Gasteiger partial charge in [-0.05, 0) is 110 Å². The van der Waals surface area contributed by atoms with Crippen LogP contribution in [0.3, 0.4) is 0 Å². The number of halogens is 3. The minimum Gasteiger partial charge on any atom is -0.341 e. The Morgan fingerprint density at radius 2 is 1.56 bits per heavy atom. The summed E-state index contributed by atoms with van der Waals surface area (Å²) in [6, 6.07) is -1.07. The van der Waals surface area contributed by atoms with Gasteiger partial charge < -0.3 is 10.6 Å². The first-order valence-corrected chi connectivity index (χ1v) is 17.3. The number of nitrogens with one attached hydrogen (secondary N) is 3. The molecule has 0 bridgehead atoms. The maximum Gasteiger partial charge on any atom is 0.511 e. The molecule has 5 rings (SSSR count). The first-order chi connectivity index (χ1) is 19.5. The number of rotatable bonds is 3. The van der Waals surface area contributed by atoms with Crippen LogP contribution in [0.15, 0.2) is 11.6 Å². The van der Waals surface area contributed by atoms with Crippen molar-refractivity contribution in [3.63, 3.8) is 0 Å². The van der Waals surface area contributed by atoms with E-state index in [4.69, 9.17) is 0 Å². The monoisotopic (exact) mass is 629 g/mol. The molecule has 43 heavy (non-hydrogen) atoms. The van der Waals surface area contributed by atoms with Crippen LogP contribution >= 0.6 is 0 Å². The number of fused-ring (bicyclic) bond motifs is 7. The van der Waals surface area contributed by atoms with E-state index in [1.54, 1.807) is 7.05 Å². The lowest BCUT2D eigenvalue weighted by Gasteiger charge is -2.70. The molecule has 0 unspecified atom stereocenters. The Hall–Kier alpha value is -1.62. The molecule has 9 atom stereocenters. The van der Waals surface area contributed by atoms with Crippen LogP contribution in [-0.2, 0) is 14.8 Å². The van der Waals surface area contributed by atoms with Crippen LogP contribution in [-0.4, -0.2) is 44.4 Å². The zero-order valence-electron chi connectivity index (χ0n) is 26.9. The van der Waals surface area contributed by atoms with Gasteiger partial charge in [0.15, 0.2) is 5.78 Å². The lowest BCUT2D eigenvalue weighted by atomic mass is 9.33. The normalized spacial score (nSPS) is 45.9. The molecule has 0 aliphatic heterocycles. The molecule has 2 amide bonds. The molecule has 244 valence electrons. The smallest absolute Gasteiger partial charge is 0.341 e. The summed E-state index contributed by atoms with van der Waals surface area (Å²) in [5, 5.41) is 5.86. The van der Waals surface area contributed by atoms with Crippen LogP contribution in [0.4, 0.5) is 18.0 Å². The Morgan fingerprint density at radius 1 is 0.930 bits per heavy atom. The molecule has 0 saturated heterocycles. The Bertz CT molecular complexity index is 1350. The largest absolute Gasteiger partial charge is 0.511 e. The summed E-state index contributed by atoms with van der Waals surface area (Å²) in [5.74, 6) is -0.185. The van der Waals surface area contributed by atoms with Crippen LogP contribution < -0.4 is 15.4 Å². The summed E-state index contributed by atoms with van der Waals surface area (Å²) in [5.41, 5.74) is -6.37. The molecule has 4 saturated carbocycles. The minimum atomic E-state index is -5.49. The van der Waals surface area contributed by atoms with Gasteiger partial charge in [-0.2, -0.15) is 13.2 Å². The second kappa shape index (κ2) is 9.69. The summed E-state index contributed by atoms with van der Waals surface area (Å²) in [7, 11) is -3.88. The van der Waals surface area contributed by atoms with Crippen LogP contribution in [0.25, 0.3) is 0 Å². The average Bonchev–Trinajstić information content (AvgIpc) is 2.87. The summed E-state index contributed by atoms with van der Waals surface area (Å²) >= 11 is 0. The topological polar surface area (TPSA) is 104 Å². The average molecular weight is 630 g/mol. The van der Waals surface area contributed by atoms with E-state index >= 15 is 0 Å². The lowest BCUT2D eigenvalue weighted by Crippen LogP contribution is -2.68. The van der Waals surface area contributed by atoms with E-state index in [-0.39, 0.29) is 57.8 Å².